The zero-order chi connectivity index (χ0) is 18.3. The summed E-state index contributed by atoms with van der Waals surface area (Å²) in [6.07, 6.45) is 1.25. The van der Waals surface area contributed by atoms with E-state index in [1.165, 1.54) is 29.7 Å². The molecule has 1 fully saturated rings. The van der Waals surface area contributed by atoms with Crippen LogP contribution >= 0.6 is 11.8 Å². The summed E-state index contributed by atoms with van der Waals surface area (Å²) in [7, 11) is -3.92. The number of ether oxygens (including phenoxy) is 1. The first-order chi connectivity index (χ1) is 12.0. The highest BCUT2D eigenvalue weighted by Gasteiger charge is 2.40. The Balaban J connectivity index is 2.25. The van der Waals surface area contributed by atoms with Crippen molar-refractivity contribution in [3.05, 3.63) is 24.3 Å². The Hall–Kier alpha value is -1.69. The number of sulfone groups is 1. The smallest absolute Gasteiger partial charge is 0.262 e. The van der Waals surface area contributed by atoms with Crippen molar-refractivity contribution in [3.63, 3.8) is 0 Å². The summed E-state index contributed by atoms with van der Waals surface area (Å²) in [5.41, 5.74) is 1.52. The third-order valence-corrected chi connectivity index (χ3v) is 7.28. The van der Waals surface area contributed by atoms with E-state index in [0.717, 1.165) is 11.5 Å². The lowest BCUT2D eigenvalue weighted by molar-refractivity contribution is -0.129. The van der Waals surface area contributed by atoms with Crippen molar-refractivity contribution in [1.82, 2.24) is 5.48 Å². The van der Waals surface area contributed by atoms with E-state index in [-0.39, 0.29) is 17.4 Å². The monoisotopic (exact) mass is 383 g/mol. The van der Waals surface area contributed by atoms with Crippen molar-refractivity contribution in [1.29, 1.82) is 0 Å². The lowest BCUT2D eigenvalue weighted by Gasteiger charge is -2.28. The standard InChI is InChI=1S/C17H21NO5S2/c1-2-3-10-23-14-4-6-15(7-5-14)25(21,22)16(17(19)18-20)13-8-11-24-12-9-13/h4-7,13,16,20H,8-12H2,1H3,(H,18,19). The third kappa shape index (κ3) is 4.91. The van der Waals surface area contributed by atoms with Gasteiger partial charge in [0.05, 0.1) is 4.90 Å². The van der Waals surface area contributed by atoms with Gasteiger partial charge < -0.3 is 4.74 Å². The SMILES string of the molecule is CC#CCOc1ccc(S(=O)(=O)C(C(=O)NO)C2CCSCC2)cc1. The van der Waals surface area contributed by atoms with Gasteiger partial charge in [0.25, 0.3) is 5.91 Å². The van der Waals surface area contributed by atoms with Gasteiger partial charge in [0, 0.05) is 0 Å². The van der Waals surface area contributed by atoms with Gasteiger partial charge in [-0.05, 0) is 61.5 Å². The van der Waals surface area contributed by atoms with Crippen molar-refractivity contribution in [2.24, 2.45) is 5.92 Å². The molecule has 2 rings (SSSR count). The predicted octanol–water partition coefficient (Wildman–Crippen LogP) is 1.88. The van der Waals surface area contributed by atoms with Crippen LogP contribution in [0.3, 0.4) is 0 Å². The minimum atomic E-state index is -3.92. The molecule has 1 aliphatic heterocycles. The van der Waals surface area contributed by atoms with E-state index in [1.54, 1.807) is 18.7 Å². The molecule has 1 aromatic rings. The molecular formula is C17H21NO5S2. The van der Waals surface area contributed by atoms with Gasteiger partial charge in [0.1, 0.15) is 17.6 Å². The summed E-state index contributed by atoms with van der Waals surface area (Å²) in [5, 5.41) is 7.71. The van der Waals surface area contributed by atoms with E-state index in [4.69, 9.17) is 9.94 Å². The molecule has 0 saturated carbocycles. The van der Waals surface area contributed by atoms with Crippen LogP contribution in [0.25, 0.3) is 0 Å². The maximum Gasteiger partial charge on any atom is 0.262 e. The fourth-order valence-corrected chi connectivity index (χ4v) is 5.82. The molecule has 0 aliphatic carbocycles. The number of thioether (sulfide) groups is 1. The minimum absolute atomic E-state index is 0.0354. The Morgan fingerprint density at radius 1 is 1.36 bits per heavy atom. The molecule has 25 heavy (non-hydrogen) atoms. The fraction of sp³-hybridized carbons (Fsp3) is 0.471. The fourth-order valence-electron chi connectivity index (χ4n) is 2.75. The minimum Gasteiger partial charge on any atom is -0.481 e. The molecule has 1 heterocycles. The normalized spacial score (nSPS) is 16.4. The largest absolute Gasteiger partial charge is 0.481 e. The van der Waals surface area contributed by atoms with Gasteiger partial charge in [0.15, 0.2) is 9.84 Å². The predicted molar refractivity (Wildman–Crippen MR) is 96.3 cm³/mol. The highest BCUT2D eigenvalue weighted by atomic mass is 32.2. The average molecular weight is 383 g/mol. The number of hydrogen-bond acceptors (Lipinski definition) is 6. The van der Waals surface area contributed by atoms with E-state index in [9.17, 15) is 13.2 Å². The van der Waals surface area contributed by atoms with Crippen LogP contribution < -0.4 is 10.2 Å². The quantitative estimate of drug-likeness (QED) is 0.443. The molecule has 0 spiro atoms. The van der Waals surface area contributed by atoms with Gasteiger partial charge in [-0.3, -0.25) is 10.0 Å². The number of benzene rings is 1. The van der Waals surface area contributed by atoms with Crippen molar-refractivity contribution in [3.8, 4) is 17.6 Å². The number of hydroxylamine groups is 1. The summed E-state index contributed by atoms with van der Waals surface area (Å²) < 4.78 is 31.3. The van der Waals surface area contributed by atoms with Crippen molar-refractivity contribution >= 4 is 27.5 Å². The molecule has 1 aromatic carbocycles. The summed E-state index contributed by atoms with van der Waals surface area (Å²) in [6, 6.07) is 5.91. The Kier molecular flexibility index (Phi) is 7.17. The Bertz CT molecular complexity index is 743. The molecule has 1 atom stereocenters. The summed E-state index contributed by atoms with van der Waals surface area (Å²) in [5.74, 6) is 6.38. The molecule has 8 heteroatoms. The zero-order valence-electron chi connectivity index (χ0n) is 13.9. The number of nitrogens with one attached hydrogen (secondary N) is 1. The molecule has 2 N–H and O–H groups in total. The first-order valence-electron chi connectivity index (χ1n) is 7.88. The van der Waals surface area contributed by atoms with Gasteiger partial charge in [-0.2, -0.15) is 11.8 Å². The van der Waals surface area contributed by atoms with Gasteiger partial charge in [0.2, 0.25) is 0 Å². The van der Waals surface area contributed by atoms with E-state index in [1.807, 2.05) is 0 Å². The average Bonchev–Trinajstić information content (AvgIpc) is 2.63. The van der Waals surface area contributed by atoms with E-state index < -0.39 is 21.0 Å². The Morgan fingerprint density at radius 3 is 2.56 bits per heavy atom. The first kappa shape index (κ1) is 19.6. The Labute approximate surface area is 152 Å². The Morgan fingerprint density at radius 2 is 2.00 bits per heavy atom. The molecule has 1 aliphatic rings. The molecule has 0 aromatic heterocycles. The summed E-state index contributed by atoms with van der Waals surface area (Å²) in [6.45, 7) is 1.92. The lowest BCUT2D eigenvalue weighted by Crippen LogP contribution is -2.44. The van der Waals surface area contributed by atoms with Crippen LogP contribution in [-0.4, -0.2) is 42.9 Å². The molecule has 0 radical (unpaired) electrons. The molecule has 6 nitrogen and oxygen atoms in total. The molecule has 136 valence electrons. The number of carbonyl (C=O) groups is 1. The van der Waals surface area contributed by atoms with Crippen LogP contribution in [0.5, 0.6) is 5.75 Å². The number of hydrogen-bond donors (Lipinski definition) is 2. The number of carbonyl (C=O) groups excluding carboxylic acids is 1. The van der Waals surface area contributed by atoms with Crippen LogP contribution in [0.1, 0.15) is 19.8 Å². The highest BCUT2D eigenvalue weighted by Crippen LogP contribution is 2.32. The summed E-state index contributed by atoms with van der Waals surface area (Å²) >= 11 is 1.74. The van der Waals surface area contributed by atoms with Gasteiger partial charge in [-0.25, -0.2) is 13.9 Å². The highest BCUT2D eigenvalue weighted by molar-refractivity contribution is 7.99. The van der Waals surface area contributed by atoms with Crippen LogP contribution in [0.2, 0.25) is 0 Å². The first-order valence-corrected chi connectivity index (χ1v) is 10.6. The number of rotatable bonds is 6. The van der Waals surface area contributed by atoms with Gasteiger partial charge >= 0.3 is 0 Å². The second kappa shape index (κ2) is 9.13. The second-order valence-corrected chi connectivity index (χ2v) is 8.87. The van der Waals surface area contributed by atoms with E-state index in [0.29, 0.717) is 18.6 Å². The van der Waals surface area contributed by atoms with Crippen molar-refractivity contribution in [2.45, 2.75) is 29.9 Å². The third-order valence-electron chi connectivity index (χ3n) is 4.04. The molecule has 1 amide bonds. The molecule has 0 bridgehead atoms. The summed E-state index contributed by atoms with van der Waals surface area (Å²) in [4.78, 5) is 12.1. The van der Waals surface area contributed by atoms with Crippen LogP contribution in [0, 0.1) is 17.8 Å². The van der Waals surface area contributed by atoms with E-state index >= 15 is 0 Å². The van der Waals surface area contributed by atoms with Crippen LogP contribution in [0.15, 0.2) is 29.2 Å². The van der Waals surface area contributed by atoms with Crippen molar-refractivity contribution in [2.75, 3.05) is 18.1 Å². The van der Waals surface area contributed by atoms with Gasteiger partial charge in [-0.15, -0.1) is 5.92 Å². The van der Waals surface area contributed by atoms with Crippen LogP contribution in [0.4, 0.5) is 0 Å². The van der Waals surface area contributed by atoms with Crippen molar-refractivity contribution < 1.29 is 23.2 Å². The van der Waals surface area contributed by atoms with E-state index in [2.05, 4.69) is 11.8 Å². The molecule has 1 saturated heterocycles. The molecule has 1 unspecified atom stereocenters. The van der Waals surface area contributed by atoms with Crippen LogP contribution in [-0.2, 0) is 14.6 Å². The topological polar surface area (TPSA) is 92.7 Å². The maximum absolute atomic E-state index is 13.0. The van der Waals surface area contributed by atoms with Gasteiger partial charge in [-0.1, -0.05) is 5.92 Å². The second-order valence-electron chi connectivity index (χ2n) is 5.58. The zero-order valence-corrected chi connectivity index (χ0v) is 15.5. The maximum atomic E-state index is 13.0. The number of amides is 1. The molecular weight excluding hydrogens is 362 g/mol. The lowest BCUT2D eigenvalue weighted by atomic mass is 9.98.